The summed E-state index contributed by atoms with van der Waals surface area (Å²) in [7, 11) is 0. The van der Waals surface area contributed by atoms with E-state index in [0.29, 0.717) is 17.0 Å². The molecule has 22 heavy (non-hydrogen) atoms. The smallest absolute Gasteiger partial charge is 0.328 e. The number of hydrogen-bond acceptors (Lipinski definition) is 3. The number of aldehydes is 1. The highest BCUT2D eigenvalue weighted by Crippen LogP contribution is 2.22. The van der Waals surface area contributed by atoms with Crippen molar-refractivity contribution in [2.75, 3.05) is 0 Å². The SMILES string of the molecule is Cc1ccc(/C(=C\C=O)c2cccc(/C=C/C(=O)O)n2)cc1. The molecule has 1 N–H and O–H groups in total. The summed E-state index contributed by atoms with van der Waals surface area (Å²) >= 11 is 0. The van der Waals surface area contributed by atoms with Crippen LogP contribution in [0.5, 0.6) is 0 Å². The number of carboxylic acid groups (broad SMARTS) is 1. The molecule has 0 aliphatic rings. The van der Waals surface area contributed by atoms with Gasteiger partial charge >= 0.3 is 5.97 Å². The second-order valence-corrected chi connectivity index (χ2v) is 4.70. The summed E-state index contributed by atoms with van der Waals surface area (Å²) in [5.74, 6) is -1.03. The number of allylic oxidation sites excluding steroid dienone is 1. The van der Waals surface area contributed by atoms with Gasteiger partial charge in [0, 0.05) is 11.6 Å². The molecule has 4 heteroatoms. The molecule has 0 aliphatic heterocycles. The number of aromatic nitrogens is 1. The Kier molecular flexibility index (Phi) is 4.98. The van der Waals surface area contributed by atoms with Gasteiger partial charge in [-0.15, -0.1) is 0 Å². The minimum atomic E-state index is -1.03. The number of carbonyl (C=O) groups is 2. The third-order valence-electron chi connectivity index (χ3n) is 3.04. The van der Waals surface area contributed by atoms with Crippen LogP contribution >= 0.6 is 0 Å². The van der Waals surface area contributed by atoms with Crippen LogP contribution in [0, 0.1) is 6.92 Å². The fourth-order valence-electron chi connectivity index (χ4n) is 1.98. The van der Waals surface area contributed by atoms with Gasteiger partial charge in [-0.3, -0.25) is 4.79 Å². The molecule has 0 aliphatic carbocycles. The van der Waals surface area contributed by atoms with E-state index in [2.05, 4.69) is 4.98 Å². The number of hydrogen-bond donors (Lipinski definition) is 1. The molecule has 0 unspecified atom stereocenters. The highest BCUT2D eigenvalue weighted by molar-refractivity contribution is 5.89. The molecule has 1 heterocycles. The Labute approximate surface area is 128 Å². The van der Waals surface area contributed by atoms with Gasteiger partial charge in [0.2, 0.25) is 0 Å². The highest BCUT2D eigenvalue weighted by Gasteiger charge is 2.07. The van der Waals surface area contributed by atoms with Gasteiger partial charge in [-0.05, 0) is 36.8 Å². The maximum Gasteiger partial charge on any atom is 0.328 e. The summed E-state index contributed by atoms with van der Waals surface area (Å²) in [5, 5.41) is 8.67. The lowest BCUT2D eigenvalue weighted by atomic mass is 10.0. The number of carboxylic acids is 1. The third kappa shape index (κ3) is 3.99. The molecule has 0 atom stereocenters. The van der Waals surface area contributed by atoms with Gasteiger partial charge in [0.1, 0.15) is 6.29 Å². The zero-order valence-electron chi connectivity index (χ0n) is 12.1. The Bertz CT molecular complexity index is 743. The Morgan fingerprint density at radius 1 is 1.14 bits per heavy atom. The molecule has 0 bridgehead atoms. The van der Waals surface area contributed by atoms with Gasteiger partial charge in [0.15, 0.2) is 0 Å². The number of pyridine rings is 1. The van der Waals surface area contributed by atoms with Crippen molar-refractivity contribution < 1.29 is 14.7 Å². The van der Waals surface area contributed by atoms with Crippen molar-refractivity contribution in [3.05, 3.63) is 77.1 Å². The van der Waals surface area contributed by atoms with Crippen LogP contribution in [0.25, 0.3) is 11.6 Å². The number of aliphatic carboxylic acids is 1. The fraction of sp³-hybridized carbons (Fsp3) is 0.0556. The van der Waals surface area contributed by atoms with Crippen LogP contribution in [-0.2, 0) is 9.59 Å². The van der Waals surface area contributed by atoms with Crippen molar-refractivity contribution in [3.63, 3.8) is 0 Å². The normalized spacial score (nSPS) is 11.6. The Hall–Kier alpha value is -3.01. The van der Waals surface area contributed by atoms with Crippen molar-refractivity contribution in [1.29, 1.82) is 0 Å². The molecule has 0 saturated heterocycles. The first-order valence-corrected chi connectivity index (χ1v) is 6.71. The van der Waals surface area contributed by atoms with Crippen LogP contribution in [0.3, 0.4) is 0 Å². The molecule has 2 aromatic rings. The van der Waals surface area contributed by atoms with Crippen LogP contribution in [0.4, 0.5) is 0 Å². The lowest BCUT2D eigenvalue weighted by Gasteiger charge is -2.08. The van der Waals surface area contributed by atoms with Gasteiger partial charge in [-0.25, -0.2) is 9.78 Å². The highest BCUT2D eigenvalue weighted by atomic mass is 16.4. The second kappa shape index (κ2) is 7.13. The standard InChI is InChI=1S/C18H15NO3/c1-13-5-7-14(8-6-13)16(11-12-20)17-4-2-3-15(19-17)9-10-18(21)22/h2-12H,1H3,(H,21,22)/b10-9+,16-11+. The number of rotatable bonds is 5. The van der Waals surface area contributed by atoms with E-state index in [-0.39, 0.29) is 0 Å². The predicted molar refractivity (Wildman–Crippen MR) is 85.2 cm³/mol. The van der Waals surface area contributed by atoms with Gasteiger partial charge in [0.05, 0.1) is 11.4 Å². The van der Waals surface area contributed by atoms with E-state index in [0.717, 1.165) is 23.5 Å². The molecule has 2 rings (SSSR count). The van der Waals surface area contributed by atoms with E-state index in [9.17, 15) is 9.59 Å². The lowest BCUT2D eigenvalue weighted by molar-refractivity contribution is -0.131. The summed E-state index contributed by atoms with van der Waals surface area (Å²) in [6, 6.07) is 13.0. The van der Waals surface area contributed by atoms with Crippen LogP contribution in [0.1, 0.15) is 22.5 Å². The predicted octanol–water partition coefficient (Wildman–Crippen LogP) is 3.12. The molecule has 1 aromatic carbocycles. The number of benzene rings is 1. The average Bonchev–Trinajstić information content (AvgIpc) is 2.52. The minimum absolute atomic E-state index is 0.517. The van der Waals surface area contributed by atoms with E-state index in [1.54, 1.807) is 18.2 Å². The van der Waals surface area contributed by atoms with Gasteiger partial charge in [-0.1, -0.05) is 35.9 Å². The molecule has 110 valence electrons. The molecule has 0 fully saturated rings. The van der Waals surface area contributed by atoms with Crippen LogP contribution in [0.2, 0.25) is 0 Å². The van der Waals surface area contributed by atoms with Crippen LogP contribution < -0.4 is 0 Å². The molecule has 0 saturated carbocycles. The number of carbonyl (C=O) groups excluding carboxylic acids is 1. The van der Waals surface area contributed by atoms with Crippen LogP contribution in [0.15, 0.2) is 54.6 Å². The number of nitrogens with zero attached hydrogens (tertiary/aromatic N) is 1. The maximum atomic E-state index is 10.9. The first-order valence-electron chi connectivity index (χ1n) is 6.71. The monoisotopic (exact) mass is 293 g/mol. The second-order valence-electron chi connectivity index (χ2n) is 4.70. The fourth-order valence-corrected chi connectivity index (χ4v) is 1.98. The average molecular weight is 293 g/mol. The van der Waals surface area contributed by atoms with Crippen molar-refractivity contribution >= 4 is 23.9 Å². The van der Waals surface area contributed by atoms with E-state index in [4.69, 9.17) is 5.11 Å². The molecule has 0 spiro atoms. The van der Waals surface area contributed by atoms with Crippen molar-refractivity contribution in [3.8, 4) is 0 Å². The summed E-state index contributed by atoms with van der Waals surface area (Å²) in [4.78, 5) is 25.9. The van der Waals surface area contributed by atoms with E-state index in [1.807, 2.05) is 31.2 Å². The molecule has 4 nitrogen and oxygen atoms in total. The quantitative estimate of drug-likeness (QED) is 0.679. The first kappa shape index (κ1) is 15.4. The summed E-state index contributed by atoms with van der Waals surface area (Å²) in [6.07, 6.45) is 4.62. The zero-order valence-corrected chi connectivity index (χ0v) is 12.1. The first-order chi connectivity index (χ1) is 10.6. The third-order valence-corrected chi connectivity index (χ3v) is 3.04. The van der Waals surface area contributed by atoms with Crippen molar-refractivity contribution in [2.24, 2.45) is 0 Å². The Morgan fingerprint density at radius 3 is 2.50 bits per heavy atom. The van der Waals surface area contributed by atoms with Gasteiger partial charge in [-0.2, -0.15) is 0 Å². The van der Waals surface area contributed by atoms with E-state index in [1.165, 1.54) is 12.2 Å². The summed E-state index contributed by atoms with van der Waals surface area (Å²) < 4.78 is 0. The molecule has 0 amide bonds. The molecular formula is C18H15NO3. The van der Waals surface area contributed by atoms with E-state index >= 15 is 0 Å². The minimum Gasteiger partial charge on any atom is -0.478 e. The zero-order chi connectivity index (χ0) is 15.9. The molecule has 0 radical (unpaired) electrons. The summed E-state index contributed by atoms with van der Waals surface area (Å²) in [5.41, 5.74) is 3.83. The molecule has 1 aromatic heterocycles. The maximum absolute atomic E-state index is 10.9. The van der Waals surface area contributed by atoms with Gasteiger partial charge < -0.3 is 5.11 Å². The lowest BCUT2D eigenvalue weighted by Crippen LogP contribution is -1.95. The Balaban J connectivity index is 2.43. The largest absolute Gasteiger partial charge is 0.478 e. The van der Waals surface area contributed by atoms with Crippen molar-refractivity contribution in [2.45, 2.75) is 6.92 Å². The van der Waals surface area contributed by atoms with E-state index < -0.39 is 5.97 Å². The molecular weight excluding hydrogens is 278 g/mol. The Morgan fingerprint density at radius 2 is 1.86 bits per heavy atom. The number of aryl methyl sites for hydroxylation is 1. The summed E-state index contributed by atoms with van der Waals surface area (Å²) in [6.45, 7) is 1.99. The van der Waals surface area contributed by atoms with Crippen LogP contribution in [-0.4, -0.2) is 22.3 Å². The van der Waals surface area contributed by atoms with Gasteiger partial charge in [0.25, 0.3) is 0 Å². The topological polar surface area (TPSA) is 67.3 Å². The van der Waals surface area contributed by atoms with Crippen molar-refractivity contribution in [1.82, 2.24) is 4.98 Å².